The van der Waals surface area contributed by atoms with Crippen LogP contribution in [0, 0.1) is 16.2 Å². The van der Waals surface area contributed by atoms with Gasteiger partial charge in [0.1, 0.15) is 0 Å². The Kier molecular flexibility index (Phi) is 6.20. The first kappa shape index (κ1) is 20.2. The molecule has 0 heterocycles. The summed E-state index contributed by atoms with van der Waals surface area (Å²) in [6, 6.07) is 9.28. The number of benzene rings is 1. The van der Waals surface area contributed by atoms with E-state index in [2.05, 4.69) is 0 Å². The summed E-state index contributed by atoms with van der Waals surface area (Å²) >= 11 is 0. The molecule has 0 bridgehead atoms. The van der Waals surface area contributed by atoms with Crippen LogP contribution in [-0.2, 0) is 16.0 Å². The molecule has 2 N–H and O–H groups in total. The van der Waals surface area contributed by atoms with Gasteiger partial charge < -0.3 is 10.2 Å². The molecule has 1 aromatic rings. The van der Waals surface area contributed by atoms with Crippen molar-refractivity contribution >= 4 is 11.9 Å². The molecule has 0 amide bonds. The van der Waals surface area contributed by atoms with Gasteiger partial charge in [0.15, 0.2) is 0 Å². The molecule has 0 aliphatic rings. The predicted molar refractivity (Wildman–Crippen MR) is 94.9 cm³/mol. The average molecular weight is 334 g/mol. The number of carbonyl (C=O) groups is 2. The molecule has 4 nitrogen and oxygen atoms in total. The molecule has 0 aromatic heterocycles. The van der Waals surface area contributed by atoms with Crippen LogP contribution in [0.15, 0.2) is 30.3 Å². The van der Waals surface area contributed by atoms with Crippen molar-refractivity contribution in [1.82, 2.24) is 0 Å². The summed E-state index contributed by atoms with van der Waals surface area (Å²) < 4.78 is 0. The van der Waals surface area contributed by atoms with E-state index in [0.29, 0.717) is 12.8 Å². The highest BCUT2D eigenvalue weighted by Gasteiger charge is 2.63. The first-order chi connectivity index (χ1) is 11.0. The van der Waals surface area contributed by atoms with E-state index in [4.69, 9.17) is 0 Å². The second-order valence-corrected chi connectivity index (χ2v) is 7.86. The summed E-state index contributed by atoms with van der Waals surface area (Å²) in [5.41, 5.74) is -2.63. The summed E-state index contributed by atoms with van der Waals surface area (Å²) in [5, 5.41) is 20.3. The Morgan fingerprint density at radius 1 is 0.958 bits per heavy atom. The van der Waals surface area contributed by atoms with Gasteiger partial charge in [-0.05, 0) is 30.7 Å². The largest absolute Gasteiger partial charge is 0.481 e. The Morgan fingerprint density at radius 2 is 1.50 bits per heavy atom. The molecule has 0 radical (unpaired) electrons. The van der Waals surface area contributed by atoms with Crippen LogP contribution < -0.4 is 0 Å². The quantitative estimate of drug-likeness (QED) is 0.727. The summed E-state index contributed by atoms with van der Waals surface area (Å²) in [6.45, 7) is 9.09. The lowest BCUT2D eigenvalue weighted by Crippen LogP contribution is -2.58. The van der Waals surface area contributed by atoms with Crippen LogP contribution in [0.2, 0.25) is 0 Å². The normalized spacial score (nSPS) is 16.9. The van der Waals surface area contributed by atoms with E-state index in [1.165, 1.54) is 0 Å². The molecule has 2 unspecified atom stereocenters. The molecule has 0 aliphatic heterocycles. The van der Waals surface area contributed by atoms with E-state index in [1.807, 2.05) is 58.0 Å². The van der Waals surface area contributed by atoms with Gasteiger partial charge in [0, 0.05) is 0 Å². The highest BCUT2D eigenvalue weighted by atomic mass is 16.4. The highest BCUT2D eigenvalue weighted by Crippen LogP contribution is 2.56. The monoisotopic (exact) mass is 334 g/mol. The van der Waals surface area contributed by atoms with E-state index in [1.54, 1.807) is 6.92 Å². The topological polar surface area (TPSA) is 74.6 Å². The van der Waals surface area contributed by atoms with Crippen molar-refractivity contribution < 1.29 is 19.8 Å². The number of carboxylic acid groups (broad SMARTS) is 2. The van der Waals surface area contributed by atoms with Crippen LogP contribution in [0.5, 0.6) is 0 Å². The molecular weight excluding hydrogens is 304 g/mol. The van der Waals surface area contributed by atoms with E-state index >= 15 is 0 Å². The highest BCUT2D eigenvalue weighted by molar-refractivity contribution is 5.87. The van der Waals surface area contributed by atoms with E-state index < -0.39 is 28.2 Å². The van der Waals surface area contributed by atoms with Gasteiger partial charge in [-0.1, -0.05) is 70.9 Å². The maximum absolute atomic E-state index is 12.5. The van der Waals surface area contributed by atoms with Crippen molar-refractivity contribution in [1.29, 1.82) is 0 Å². The average Bonchev–Trinajstić information content (AvgIpc) is 2.47. The van der Waals surface area contributed by atoms with Gasteiger partial charge in [0.05, 0.1) is 10.8 Å². The molecule has 4 heteroatoms. The number of rotatable bonds is 8. The fraction of sp³-hybridized carbons (Fsp3) is 0.600. The first-order valence-electron chi connectivity index (χ1n) is 8.53. The van der Waals surface area contributed by atoms with E-state index in [-0.39, 0.29) is 6.42 Å². The molecule has 24 heavy (non-hydrogen) atoms. The molecule has 134 valence electrons. The van der Waals surface area contributed by atoms with Crippen molar-refractivity contribution in [3.63, 3.8) is 0 Å². The zero-order valence-corrected chi connectivity index (χ0v) is 15.4. The number of hydrogen-bond acceptors (Lipinski definition) is 2. The summed E-state index contributed by atoms with van der Waals surface area (Å²) in [5.74, 6) is -2.08. The Bertz CT molecular complexity index is 573. The number of carboxylic acids is 2. The summed E-state index contributed by atoms with van der Waals surface area (Å²) in [6.07, 6.45) is 2.04. The Labute approximate surface area is 144 Å². The van der Waals surface area contributed by atoms with Crippen LogP contribution in [0.3, 0.4) is 0 Å². The molecule has 0 spiro atoms. The molecule has 2 atom stereocenters. The zero-order valence-electron chi connectivity index (χ0n) is 15.4. The maximum Gasteiger partial charge on any atom is 0.311 e. The molecule has 0 saturated heterocycles. The van der Waals surface area contributed by atoms with Crippen LogP contribution in [0.25, 0.3) is 0 Å². The molecule has 0 fully saturated rings. The molecule has 1 aromatic carbocycles. The van der Waals surface area contributed by atoms with Crippen molar-refractivity contribution in [2.45, 2.75) is 60.3 Å². The number of unbranched alkanes of at least 4 members (excludes halogenated alkanes) is 1. The van der Waals surface area contributed by atoms with Crippen LogP contribution >= 0.6 is 0 Å². The van der Waals surface area contributed by atoms with Crippen LogP contribution in [0.4, 0.5) is 0 Å². The van der Waals surface area contributed by atoms with Gasteiger partial charge in [-0.15, -0.1) is 0 Å². The Balaban J connectivity index is 3.57. The van der Waals surface area contributed by atoms with Gasteiger partial charge in [-0.25, -0.2) is 0 Å². The fourth-order valence-electron chi connectivity index (χ4n) is 4.00. The second kappa shape index (κ2) is 7.37. The number of aliphatic carboxylic acids is 2. The van der Waals surface area contributed by atoms with Gasteiger partial charge in [0.25, 0.3) is 0 Å². The van der Waals surface area contributed by atoms with Gasteiger partial charge in [-0.3, -0.25) is 9.59 Å². The predicted octanol–water partition coefficient (Wildman–Crippen LogP) is 4.63. The van der Waals surface area contributed by atoms with Crippen LogP contribution in [-0.4, -0.2) is 22.2 Å². The molecule has 0 aliphatic carbocycles. The lowest BCUT2D eigenvalue weighted by Gasteiger charge is -2.51. The first-order valence-corrected chi connectivity index (χ1v) is 8.53. The van der Waals surface area contributed by atoms with Crippen molar-refractivity contribution in [2.24, 2.45) is 16.2 Å². The minimum Gasteiger partial charge on any atom is -0.481 e. The van der Waals surface area contributed by atoms with E-state index in [9.17, 15) is 19.8 Å². The standard InChI is InChI=1S/C20H30O4/c1-6-7-13-20(17(23)24,18(2,3)4)19(5,16(21)22)14-15-11-9-8-10-12-15/h8-12H,6-7,13-14H2,1-5H3,(H,21,22)(H,23,24). The lowest BCUT2D eigenvalue weighted by atomic mass is 9.49. The van der Waals surface area contributed by atoms with Gasteiger partial charge >= 0.3 is 11.9 Å². The third-order valence-electron chi connectivity index (χ3n) is 5.37. The minimum absolute atomic E-state index is 0.191. The van der Waals surface area contributed by atoms with Gasteiger partial charge in [-0.2, -0.15) is 0 Å². The minimum atomic E-state index is -1.41. The molecular formula is C20H30O4. The van der Waals surface area contributed by atoms with Crippen molar-refractivity contribution in [2.75, 3.05) is 0 Å². The SMILES string of the molecule is CCCCC(C(=O)O)(C(C)(C)C)C(C)(Cc1ccccc1)C(=O)O. The van der Waals surface area contributed by atoms with Crippen molar-refractivity contribution in [3.05, 3.63) is 35.9 Å². The Hall–Kier alpha value is -1.84. The molecule has 0 saturated carbocycles. The van der Waals surface area contributed by atoms with Crippen molar-refractivity contribution in [3.8, 4) is 0 Å². The maximum atomic E-state index is 12.5. The smallest absolute Gasteiger partial charge is 0.311 e. The zero-order chi connectivity index (χ0) is 18.6. The number of hydrogen-bond donors (Lipinski definition) is 2. The van der Waals surface area contributed by atoms with Crippen LogP contribution in [0.1, 0.15) is 59.4 Å². The third kappa shape index (κ3) is 3.47. The molecule has 1 rings (SSSR count). The third-order valence-corrected chi connectivity index (χ3v) is 5.37. The Morgan fingerprint density at radius 3 is 1.88 bits per heavy atom. The fourth-order valence-corrected chi connectivity index (χ4v) is 4.00. The van der Waals surface area contributed by atoms with E-state index in [0.717, 1.165) is 12.0 Å². The second-order valence-electron chi connectivity index (χ2n) is 7.86. The summed E-state index contributed by atoms with van der Waals surface area (Å²) in [7, 11) is 0. The van der Waals surface area contributed by atoms with Gasteiger partial charge in [0.2, 0.25) is 0 Å². The lowest BCUT2D eigenvalue weighted by molar-refractivity contribution is -0.187. The summed E-state index contributed by atoms with van der Waals surface area (Å²) in [4.78, 5) is 24.8.